The molecule has 0 radical (unpaired) electrons. The van der Waals surface area contributed by atoms with Crippen LogP contribution >= 0.6 is 0 Å². The minimum atomic E-state index is 0.729. The lowest BCUT2D eigenvalue weighted by atomic mass is 9.75. The molecule has 0 bridgehead atoms. The summed E-state index contributed by atoms with van der Waals surface area (Å²) in [6, 6.07) is 1.52. The van der Waals surface area contributed by atoms with Crippen LogP contribution in [0.1, 0.15) is 51.9 Å². The summed E-state index contributed by atoms with van der Waals surface area (Å²) >= 11 is 0. The van der Waals surface area contributed by atoms with Crippen LogP contribution in [0, 0.1) is 11.8 Å². The minimum absolute atomic E-state index is 0.729. The van der Waals surface area contributed by atoms with Crippen LogP contribution in [0.4, 0.5) is 0 Å². The zero-order chi connectivity index (χ0) is 14.5. The molecule has 1 aliphatic heterocycles. The first kappa shape index (κ1) is 16.3. The molecule has 1 heterocycles. The fourth-order valence-corrected chi connectivity index (χ4v) is 4.41. The smallest absolute Gasteiger partial charge is 0.0138 e. The van der Waals surface area contributed by atoms with E-state index in [0.717, 1.165) is 30.5 Å². The van der Waals surface area contributed by atoms with Crippen LogP contribution in [0.15, 0.2) is 0 Å². The van der Waals surface area contributed by atoms with Gasteiger partial charge in [0, 0.05) is 12.1 Å². The maximum Gasteiger partial charge on any atom is 0.0138 e. The van der Waals surface area contributed by atoms with Crippen molar-refractivity contribution in [3.05, 3.63) is 0 Å². The lowest BCUT2D eigenvalue weighted by Gasteiger charge is -2.46. The molecule has 1 saturated carbocycles. The third kappa shape index (κ3) is 3.96. The van der Waals surface area contributed by atoms with Crippen LogP contribution in [0.25, 0.3) is 0 Å². The fraction of sp³-hybridized carbons (Fsp3) is 1.00. The lowest BCUT2D eigenvalue weighted by Crippen LogP contribution is -2.52. The Labute approximate surface area is 125 Å². The van der Waals surface area contributed by atoms with Crippen molar-refractivity contribution in [1.82, 2.24) is 9.80 Å². The Morgan fingerprint density at radius 2 is 1.85 bits per heavy atom. The number of hydrogen-bond acceptors (Lipinski definition) is 3. The third-order valence-electron chi connectivity index (χ3n) is 5.85. The maximum atomic E-state index is 6.07. The van der Waals surface area contributed by atoms with Gasteiger partial charge in [-0.1, -0.05) is 26.2 Å². The van der Waals surface area contributed by atoms with Gasteiger partial charge in [0.15, 0.2) is 0 Å². The van der Waals surface area contributed by atoms with E-state index >= 15 is 0 Å². The van der Waals surface area contributed by atoms with Gasteiger partial charge in [0.1, 0.15) is 0 Å². The molecule has 0 aromatic rings. The highest BCUT2D eigenvalue weighted by Gasteiger charge is 2.35. The Morgan fingerprint density at radius 1 is 1.15 bits per heavy atom. The zero-order valence-corrected chi connectivity index (χ0v) is 13.9. The van der Waals surface area contributed by atoms with Gasteiger partial charge in [0.2, 0.25) is 0 Å². The Morgan fingerprint density at radius 3 is 2.45 bits per heavy atom. The molecule has 0 amide bonds. The van der Waals surface area contributed by atoms with E-state index in [-0.39, 0.29) is 0 Å². The van der Waals surface area contributed by atoms with Gasteiger partial charge in [-0.05, 0) is 71.2 Å². The first-order valence-corrected chi connectivity index (χ1v) is 8.76. The highest BCUT2D eigenvalue weighted by molar-refractivity contribution is 4.90. The van der Waals surface area contributed by atoms with E-state index < -0.39 is 0 Å². The molecule has 20 heavy (non-hydrogen) atoms. The van der Waals surface area contributed by atoms with Crippen molar-refractivity contribution < 1.29 is 0 Å². The molecular weight excluding hydrogens is 246 g/mol. The second-order valence-corrected chi connectivity index (χ2v) is 7.23. The molecule has 0 aromatic carbocycles. The van der Waals surface area contributed by atoms with Gasteiger partial charge in [0.25, 0.3) is 0 Å². The summed E-state index contributed by atoms with van der Waals surface area (Å²) in [5.74, 6) is 1.68. The van der Waals surface area contributed by atoms with Gasteiger partial charge >= 0.3 is 0 Å². The minimum Gasteiger partial charge on any atom is -0.330 e. The molecule has 3 nitrogen and oxygen atoms in total. The number of likely N-dealkylation sites (tertiary alicyclic amines) is 1. The standard InChI is InChI=1S/C17H35N3/c1-4-5-14-6-7-15(13-18)17(12-14)20(3)16-8-10-19(2)11-9-16/h14-17H,4-13,18H2,1-3H3. The molecule has 1 saturated heterocycles. The van der Waals surface area contributed by atoms with Crippen LogP contribution in [0.3, 0.4) is 0 Å². The van der Waals surface area contributed by atoms with E-state index in [4.69, 9.17) is 5.73 Å². The van der Waals surface area contributed by atoms with E-state index in [1.54, 1.807) is 0 Å². The summed E-state index contributed by atoms with van der Waals surface area (Å²) in [5, 5.41) is 0. The average Bonchev–Trinajstić information content (AvgIpc) is 2.47. The third-order valence-corrected chi connectivity index (χ3v) is 5.85. The van der Waals surface area contributed by atoms with Crippen LogP contribution in [-0.4, -0.2) is 55.6 Å². The summed E-state index contributed by atoms with van der Waals surface area (Å²) in [6.07, 6.45) is 9.56. The normalized spacial score (nSPS) is 33.8. The number of rotatable bonds is 5. The topological polar surface area (TPSA) is 32.5 Å². The van der Waals surface area contributed by atoms with E-state index in [1.165, 1.54) is 58.0 Å². The second kappa shape index (κ2) is 7.77. The molecule has 118 valence electrons. The molecule has 2 N–H and O–H groups in total. The lowest BCUT2D eigenvalue weighted by molar-refractivity contribution is 0.0418. The summed E-state index contributed by atoms with van der Waals surface area (Å²) in [7, 11) is 4.62. The molecule has 2 aliphatic rings. The number of nitrogens with two attached hydrogens (primary N) is 1. The molecule has 0 spiro atoms. The first-order chi connectivity index (χ1) is 9.65. The summed E-state index contributed by atoms with van der Waals surface area (Å²) < 4.78 is 0. The highest BCUT2D eigenvalue weighted by atomic mass is 15.2. The monoisotopic (exact) mass is 281 g/mol. The number of piperidine rings is 1. The summed E-state index contributed by atoms with van der Waals surface area (Å²) in [6.45, 7) is 5.71. The highest BCUT2D eigenvalue weighted by Crippen LogP contribution is 2.35. The van der Waals surface area contributed by atoms with Gasteiger partial charge in [0.05, 0.1) is 0 Å². The molecule has 3 heteroatoms. The maximum absolute atomic E-state index is 6.07. The fourth-order valence-electron chi connectivity index (χ4n) is 4.41. The Hall–Kier alpha value is -0.120. The predicted molar refractivity (Wildman–Crippen MR) is 86.9 cm³/mol. The predicted octanol–water partition coefficient (Wildman–Crippen LogP) is 2.56. The van der Waals surface area contributed by atoms with Gasteiger partial charge in [-0.15, -0.1) is 0 Å². The largest absolute Gasteiger partial charge is 0.330 e. The van der Waals surface area contributed by atoms with Crippen molar-refractivity contribution in [2.75, 3.05) is 33.7 Å². The summed E-state index contributed by atoms with van der Waals surface area (Å²) in [4.78, 5) is 5.18. The van der Waals surface area contributed by atoms with Crippen molar-refractivity contribution in [2.24, 2.45) is 17.6 Å². The Bertz CT molecular complexity index is 273. The SMILES string of the molecule is CCCC1CCC(CN)C(N(C)C2CCN(C)CC2)C1. The van der Waals surface area contributed by atoms with Gasteiger partial charge in [-0.3, -0.25) is 0 Å². The van der Waals surface area contributed by atoms with Crippen LogP contribution in [-0.2, 0) is 0 Å². The van der Waals surface area contributed by atoms with Crippen molar-refractivity contribution in [3.8, 4) is 0 Å². The van der Waals surface area contributed by atoms with Crippen molar-refractivity contribution in [2.45, 2.75) is 64.0 Å². The van der Waals surface area contributed by atoms with Crippen molar-refractivity contribution in [1.29, 1.82) is 0 Å². The molecule has 2 fully saturated rings. The van der Waals surface area contributed by atoms with Gasteiger partial charge in [-0.2, -0.15) is 0 Å². The molecular formula is C17H35N3. The summed E-state index contributed by atoms with van der Waals surface area (Å²) in [5.41, 5.74) is 6.07. The van der Waals surface area contributed by atoms with Crippen LogP contribution < -0.4 is 5.73 Å². The average molecular weight is 281 g/mol. The van der Waals surface area contributed by atoms with Gasteiger partial charge in [-0.25, -0.2) is 0 Å². The van der Waals surface area contributed by atoms with E-state index in [1.807, 2.05) is 0 Å². The molecule has 3 atom stereocenters. The quantitative estimate of drug-likeness (QED) is 0.840. The Kier molecular flexibility index (Phi) is 6.31. The molecule has 3 unspecified atom stereocenters. The molecule has 1 aliphatic carbocycles. The van der Waals surface area contributed by atoms with Crippen molar-refractivity contribution >= 4 is 0 Å². The van der Waals surface area contributed by atoms with Gasteiger partial charge < -0.3 is 15.5 Å². The van der Waals surface area contributed by atoms with Crippen molar-refractivity contribution in [3.63, 3.8) is 0 Å². The Balaban J connectivity index is 1.94. The van der Waals surface area contributed by atoms with E-state index in [9.17, 15) is 0 Å². The molecule has 2 rings (SSSR count). The van der Waals surface area contributed by atoms with Crippen LogP contribution in [0.2, 0.25) is 0 Å². The van der Waals surface area contributed by atoms with E-state index in [0.29, 0.717) is 0 Å². The molecule has 0 aromatic heterocycles. The number of nitrogens with zero attached hydrogens (tertiary/aromatic N) is 2. The first-order valence-electron chi connectivity index (χ1n) is 8.76. The van der Waals surface area contributed by atoms with E-state index in [2.05, 4.69) is 30.8 Å². The number of hydrogen-bond donors (Lipinski definition) is 1. The van der Waals surface area contributed by atoms with Crippen LogP contribution in [0.5, 0.6) is 0 Å². The second-order valence-electron chi connectivity index (χ2n) is 7.23. The zero-order valence-electron chi connectivity index (χ0n) is 13.9.